The third kappa shape index (κ3) is 7.17. The van der Waals surface area contributed by atoms with Gasteiger partial charge in [-0.2, -0.15) is 5.10 Å². The molecule has 4 aromatic rings. The second-order valence-corrected chi connectivity index (χ2v) is 14.0. The zero-order valence-electron chi connectivity index (χ0n) is 22.5. The number of hydroxylamine groups is 1. The van der Waals surface area contributed by atoms with Crippen molar-refractivity contribution in [2.45, 2.75) is 30.9 Å². The number of hydrogen-bond acceptors (Lipinski definition) is 7. The van der Waals surface area contributed by atoms with E-state index in [0.29, 0.717) is 6.42 Å². The molecule has 0 radical (unpaired) electrons. The van der Waals surface area contributed by atoms with E-state index in [1.807, 2.05) is 54.7 Å². The third-order valence-electron chi connectivity index (χ3n) is 6.66. The van der Waals surface area contributed by atoms with Crippen molar-refractivity contribution in [3.63, 3.8) is 0 Å². The Balaban J connectivity index is 0.000000291. The van der Waals surface area contributed by atoms with Crippen LogP contribution in [-0.2, 0) is 16.2 Å². The maximum Gasteiger partial charge on any atom is 0.0565 e. The van der Waals surface area contributed by atoms with Crippen LogP contribution in [0.25, 0.3) is 22.3 Å². The molecule has 5 rings (SSSR count). The van der Waals surface area contributed by atoms with Gasteiger partial charge in [0.05, 0.1) is 6.20 Å². The van der Waals surface area contributed by atoms with Crippen LogP contribution in [0.3, 0.4) is 0 Å². The Morgan fingerprint density at radius 3 is 2.34 bits per heavy atom. The molecule has 2 heterocycles. The molecule has 1 aliphatic carbocycles. The molecular formula is C30H30AsFN4O5. The normalized spacial score (nSPS) is 17.8. The molecule has 11 heteroatoms. The van der Waals surface area contributed by atoms with Gasteiger partial charge >= 0.3 is 177 Å². The molecule has 2 aromatic carbocycles. The fraction of sp³-hybridized carbons (Fsp3) is 0.167. The minimum atomic E-state index is -5.04. The molecule has 0 fully saturated rings. The van der Waals surface area contributed by atoms with Gasteiger partial charge < -0.3 is 0 Å². The number of rotatable bonds is 8. The number of benzene rings is 2. The molecule has 0 saturated heterocycles. The maximum atomic E-state index is 13.6. The summed E-state index contributed by atoms with van der Waals surface area (Å²) in [5.41, 5.74) is 7.43. The first kappa shape index (κ1) is 29.9. The number of aromatic nitrogens is 3. The maximum absolute atomic E-state index is 13.6. The Kier molecular flexibility index (Phi) is 9.86. The molecule has 2 atom stereocenters. The van der Waals surface area contributed by atoms with Crippen LogP contribution in [0.5, 0.6) is 0 Å². The number of hydrogen-bond donors (Lipinski definition) is 3. The van der Waals surface area contributed by atoms with Crippen LogP contribution in [0.15, 0.2) is 104 Å². The summed E-state index contributed by atoms with van der Waals surface area (Å²) in [5, 5.41) is 16.2. The topological polar surface area (TPSA) is 126 Å². The average molecular weight is 621 g/mol. The van der Waals surface area contributed by atoms with Crippen LogP contribution in [0.2, 0.25) is 4.20 Å². The van der Waals surface area contributed by atoms with Crippen LogP contribution in [0.1, 0.15) is 37.8 Å². The minimum absolute atomic E-state index is 0.210. The van der Waals surface area contributed by atoms with Crippen LogP contribution < -0.4 is 5.48 Å². The molecule has 0 spiro atoms. The molecule has 9 nitrogen and oxygen atoms in total. The van der Waals surface area contributed by atoms with Crippen molar-refractivity contribution in [1.29, 1.82) is 0 Å². The summed E-state index contributed by atoms with van der Waals surface area (Å²) in [6, 6.07) is 19.3. The van der Waals surface area contributed by atoms with Gasteiger partial charge in [-0.25, -0.2) is 0 Å². The summed E-state index contributed by atoms with van der Waals surface area (Å²) >= 11 is -5.04. The molecule has 212 valence electrons. The van der Waals surface area contributed by atoms with E-state index in [0.717, 1.165) is 33.4 Å². The second-order valence-electron chi connectivity index (χ2n) is 9.33. The number of nitrogens with zero attached hydrogens (tertiary/aromatic N) is 2. The summed E-state index contributed by atoms with van der Waals surface area (Å²) in [6.45, 7) is 3.00. The van der Waals surface area contributed by atoms with Crippen molar-refractivity contribution in [3.8, 4) is 11.1 Å². The molecule has 0 bridgehead atoms. The predicted molar refractivity (Wildman–Crippen MR) is 153 cm³/mol. The van der Waals surface area contributed by atoms with Gasteiger partial charge in [0.2, 0.25) is 0 Å². The van der Waals surface area contributed by atoms with Gasteiger partial charge in [-0.15, -0.1) is 0 Å². The monoisotopic (exact) mass is 620 g/mol. The van der Waals surface area contributed by atoms with Crippen molar-refractivity contribution in [2.24, 2.45) is 0 Å². The number of pyridine rings is 1. The standard InChI is InChI=1S/C22H23AsFNO5.C8H7N3/c1-3-22(23(27,30-28)29-25-16(2)26)14-19(17-7-5-4-6-8-17)13-20(15-22)18-9-11-21(24)12-10-18;1-3-9-4-2-7(1)8-5-10-11-6-8/h4-14,28H,3,15H2,1-2H3,(H,25,26);1-6H,(H,10,11). The first-order valence-corrected chi connectivity index (χ1v) is 16.1. The van der Waals surface area contributed by atoms with E-state index in [2.05, 4.69) is 24.5 Å². The number of carbonyl (C=O) groups is 1. The molecule has 1 amide bonds. The Morgan fingerprint density at radius 1 is 1.05 bits per heavy atom. The van der Waals surface area contributed by atoms with E-state index in [-0.39, 0.29) is 12.2 Å². The minimum Gasteiger partial charge on any atom is -0.285 e. The number of amides is 1. The molecule has 0 aliphatic heterocycles. The van der Waals surface area contributed by atoms with E-state index in [1.165, 1.54) is 19.1 Å². The summed E-state index contributed by atoms with van der Waals surface area (Å²) < 4.78 is 35.5. The quantitative estimate of drug-likeness (QED) is 0.121. The van der Waals surface area contributed by atoms with E-state index in [4.69, 9.17) is 3.83 Å². The van der Waals surface area contributed by atoms with Crippen molar-refractivity contribution < 1.29 is 25.9 Å². The molecule has 1 aliphatic rings. The fourth-order valence-electron chi connectivity index (χ4n) is 4.46. The smallest absolute Gasteiger partial charge is 0.0565 e. The third-order valence-corrected chi connectivity index (χ3v) is 11.4. The van der Waals surface area contributed by atoms with Gasteiger partial charge in [0.1, 0.15) is 0 Å². The van der Waals surface area contributed by atoms with E-state index in [9.17, 15) is 18.2 Å². The van der Waals surface area contributed by atoms with Gasteiger partial charge in [0.25, 0.3) is 0 Å². The Morgan fingerprint density at radius 2 is 1.76 bits per heavy atom. The van der Waals surface area contributed by atoms with Crippen LogP contribution in [0.4, 0.5) is 4.39 Å². The Hall–Kier alpha value is -4.08. The second kappa shape index (κ2) is 13.5. The van der Waals surface area contributed by atoms with E-state index < -0.39 is 24.3 Å². The summed E-state index contributed by atoms with van der Waals surface area (Å²) in [4.78, 5) is 15.3. The van der Waals surface area contributed by atoms with Gasteiger partial charge in [-0.05, 0) is 17.7 Å². The first-order chi connectivity index (χ1) is 19.8. The van der Waals surface area contributed by atoms with Gasteiger partial charge in [-0.1, -0.05) is 0 Å². The summed E-state index contributed by atoms with van der Waals surface area (Å²) in [5.74, 6) is -0.935. The SMILES string of the molecule is CCC1([As](=O)(OO)ONC(C)=O)C=C(c2ccccc2)C=C(c2ccc(F)cc2)C1.c1cc(-c2cn[nH]c2)ccn1. The first-order valence-electron chi connectivity index (χ1n) is 12.8. The number of nitrogens with one attached hydrogen (secondary N) is 2. The van der Waals surface area contributed by atoms with Crippen molar-refractivity contribution in [1.82, 2.24) is 20.7 Å². The zero-order valence-corrected chi connectivity index (χ0v) is 24.4. The van der Waals surface area contributed by atoms with E-state index in [1.54, 1.807) is 43.7 Å². The van der Waals surface area contributed by atoms with Crippen molar-refractivity contribution in [3.05, 3.63) is 121 Å². The van der Waals surface area contributed by atoms with Gasteiger partial charge in [0, 0.05) is 24.2 Å². The van der Waals surface area contributed by atoms with Crippen molar-refractivity contribution >= 4 is 31.2 Å². The molecular weight excluding hydrogens is 590 g/mol. The fourth-order valence-corrected chi connectivity index (χ4v) is 7.97. The van der Waals surface area contributed by atoms with Crippen LogP contribution in [0, 0.1) is 5.82 Å². The van der Waals surface area contributed by atoms with E-state index >= 15 is 0 Å². The molecule has 41 heavy (non-hydrogen) atoms. The van der Waals surface area contributed by atoms with Crippen molar-refractivity contribution in [2.75, 3.05) is 0 Å². The molecule has 2 unspecified atom stereocenters. The predicted octanol–water partition coefficient (Wildman–Crippen LogP) is 6.25. The number of allylic oxidation sites excluding steroid dienone is 4. The number of aromatic amines is 1. The summed E-state index contributed by atoms with van der Waals surface area (Å²) in [6.07, 6.45) is 11.4. The van der Waals surface area contributed by atoms with Crippen LogP contribution >= 0.6 is 0 Å². The average Bonchev–Trinajstić information content (AvgIpc) is 3.56. The molecule has 2 aromatic heterocycles. The number of H-pyrrole nitrogens is 1. The van der Waals surface area contributed by atoms with Gasteiger partial charge in [0.15, 0.2) is 0 Å². The molecule has 3 N–H and O–H groups in total. The Labute approximate surface area is 240 Å². The number of carbonyl (C=O) groups excluding carboxylic acids is 1. The van der Waals surface area contributed by atoms with Crippen LogP contribution in [-0.4, -0.2) is 40.5 Å². The number of halogens is 1. The Bertz CT molecular complexity index is 1550. The molecule has 0 saturated carbocycles. The largest absolute Gasteiger partial charge is 0.285 e. The van der Waals surface area contributed by atoms with Gasteiger partial charge in [-0.3, -0.25) is 10.1 Å². The zero-order chi connectivity index (χ0) is 29.3. The summed E-state index contributed by atoms with van der Waals surface area (Å²) in [7, 11) is 0.